The van der Waals surface area contributed by atoms with E-state index in [9.17, 15) is 4.79 Å². The van der Waals surface area contributed by atoms with Crippen molar-refractivity contribution in [2.45, 2.75) is 16.6 Å². The maximum atomic E-state index is 12.0. The number of rotatable bonds is 3. The molecule has 0 aromatic heterocycles. The molecule has 1 aliphatic heterocycles. The van der Waals surface area contributed by atoms with E-state index in [2.05, 4.69) is 42.4 Å². The normalized spacial score (nSPS) is 25.8. The second-order valence-corrected chi connectivity index (χ2v) is 8.80. The molecule has 2 aliphatic rings. The summed E-state index contributed by atoms with van der Waals surface area (Å²) in [6.07, 6.45) is 2.31. The Balaban J connectivity index is 1.63. The fourth-order valence-electron chi connectivity index (χ4n) is 1.93. The van der Waals surface area contributed by atoms with Crippen LogP contribution < -0.4 is 14.9 Å². The lowest BCUT2D eigenvalue weighted by atomic mass is 10.1. The van der Waals surface area contributed by atoms with Gasteiger partial charge in [-0.25, -0.2) is 5.43 Å². The lowest BCUT2D eigenvalue weighted by Crippen LogP contribution is -2.29. The molecule has 1 aromatic rings. The van der Waals surface area contributed by atoms with Crippen molar-refractivity contribution in [3.05, 3.63) is 23.8 Å². The number of nitrogens with one attached hydrogen (secondary N) is 1. The van der Waals surface area contributed by atoms with Gasteiger partial charge < -0.3 is 9.47 Å². The molecule has 1 N–H and O–H groups in total. The van der Waals surface area contributed by atoms with Gasteiger partial charge in [0.2, 0.25) is 12.7 Å². The lowest BCUT2D eigenvalue weighted by molar-refractivity contribution is -0.125. The van der Waals surface area contributed by atoms with E-state index in [1.165, 1.54) is 0 Å². The molecule has 1 aromatic carbocycles. The number of hydrogen-bond acceptors (Lipinski definition) is 4. The molecule has 106 valence electrons. The van der Waals surface area contributed by atoms with Gasteiger partial charge in [0, 0.05) is 0 Å². The molecule has 0 bridgehead atoms. The topological polar surface area (TPSA) is 59.9 Å². The third kappa shape index (κ3) is 2.33. The third-order valence-electron chi connectivity index (χ3n) is 3.54. The van der Waals surface area contributed by atoms with Crippen LogP contribution in [-0.2, 0) is 4.79 Å². The summed E-state index contributed by atoms with van der Waals surface area (Å²) in [6, 6.07) is 5.48. The van der Waals surface area contributed by atoms with Crippen molar-refractivity contribution in [2.75, 3.05) is 6.79 Å². The molecular weight excluding hydrogens is 392 g/mol. The molecule has 1 aliphatic carbocycles. The molecule has 20 heavy (non-hydrogen) atoms. The highest BCUT2D eigenvalue weighted by Gasteiger charge is 2.66. The molecule has 0 spiro atoms. The molecule has 1 atom stereocenters. The van der Waals surface area contributed by atoms with Crippen LogP contribution in [-0.4, -0.2) is 22.1 Å². The summed E-state index contributed by atoms with van der Waals surface area (Å²) >= 11 is 6.91. The van der Waals surface area contributed by atoms with Crippen LogP contribution in [0.5, 0.6) is 11.5 Å². The van der Waals surface area contributed by atoms with Crippen LogP contribution >= 0.6 is 31.9 Å². The SMILES string of the molecule is C[C@@]1(C(=O)NN=Cc2ccc3c(c2)OCO3)CC1(Br)Br. The van der Waals surface area contributed by atoms with Crippen molar-refractivity contribution in [1.82, 2.24) is 5.43 Å². The number of carbonyl (C=O) groups excluding carboxylic acids is 1. The number of hydrazone groups is 1. The minimum atomic E-state index is -0.473. The number of ether oxygens (including phenoxy) is 2. The number of amides is 1. The van der Waals surface area contributed by atoms with Gasteiger partial charge in [0.15, 0.2) is 11.5 Å². The lowest BCUT2D eigenvalue weighted by Gasteiger charge is -2.09. The summed E-state index contributed by atoms with van der Waals surface area (Å²) in [5, 5.41) is 3.98. The average Bonchev–Trinajstić information content (AvgIpc) is 2.77. The number of benzene rings is 1. The molecule has 7 heteroatoms. The second kappa shape index (κ2) is 4.73. The Hall–Kier alpha value is -1.08. The van der Waals surface area contributed by atoms with Crippen LogP contribution in [0.1, 0.15) is 18.9 Å². The smallest absolute Gasteiger partial charge is 0.248 e. The average molecular weight is 404 g/mol. The van der Waals surface area contributed by atoms with Gasteiger partial charge in [-0.05, 0) is 37.1 Å². The number of fused-ring (bicyclic) bond motifs is 1. The molecular formula is C13H12Br2N2O3. The maximum Gasteiger partial charge on any atom is 0.248 e. The van der Waals surface area contributed by atoms with Crippen LogP contribution in [0.25, 0.3) is 0 Å². The molecule has 1 heterocycles. The summed E-state index contributed by atoms with van der Waals surface area (Å²) in [5.74, 6) is 1.29. The minimum Gasteiger partial charge on any atom is -0.454 e. The second-order valence-electron chi connectivity index (χ2n) is 5.03. The van der Waals surface area contributed by atoms with Crippen LogP contribution in [0.3, 0.4) is 0 Å². The van der Waals surface area contributed by atoms with E-state index in [-0.39, 0.29) is 15.9 Å². The standard InChI is InChI=1S/C13H12Br2N2O3/c1-12(6-13(12,14)15)11(18)17-16-5-8-2-3-9-10(4-8)20-7-19-9/h2-5H,6-7H2,1H3,(H,17,18)/t12-/m0/s1. The van der Waals surface area contributed by atoms with Gasteiger partial charge >= 0.3 is 0 Å². The predicted octanol–water partition coefficient (Wildman–Crippen LogP) is 2.76. The minimum absolute atomic E-state index is 0.122. The van der Waals surface area contributed by atoms with Gasteiger partial charge in [0.05, 0.1) is 14.9 Å². The first-order valence-electron chi connectivity index (χ1n) is 6.03. The van der Waals surface area contributed by atoms with Crippen LogP contribution in [0, 0.1) is 5.41 Å². The highest BCUT2D eigenvalue weighted by atomic mass is 79.9. The molecule has 0 radical (unpaired) electrons. The van der Waals surface area contributed by atoms with E-state index in [1.54, 1.807) is 6.21 Å². The molecule has 5 nitrogen and oxygen atoms in total. The van der Waals surface area contributed by atoms with Crippen molar-refractivity contribution in [3.8, 4) is 11.5 Å². The van der Waals surface area contributed by atoms with E-state index in [0.717, 1.165) is 17.7 Å². The monoisotopic (exact) mass is 402 g/mol. The molecule has 1 saturated carbocycles. The number of hydrogen-bond donors (Lipinski definition) is 1. The fourth-order valence-corrected chi connectivity index (χ4v) is 3.41. The van der Waals surface area contributed by atoms with E-state index in [1.807, 2.05) is 25.1 Å². The Morgan fingerprint density at radius 3 is 2.80 bits per heavy atom. The Labute approximate surface area is 133 Å². The number of nitrogens with zero attached hydrogens (tertiary/aromatic N) is 1. The van der Waals surface area contributed by atoms with Gasteiger partial charge in [-0.2, -0.15) is 5.10 Å². The zero-order chi connectivity index (χ0) is 14.4. The maximum absolute atomic E-state index is 12.0. The Bertz CT molecular complexity index is 603. The van der Waals surface area contributed by atoms with E-state index in [4.69, 9.17) is 9.47 Å². The van der Waals surface area contributed by atoms with Gasteiger partial charge in [-0.1, -0.05) is 31.9 Å². The molecule has 3 rings (SSSR count). The Morgan fingerprint density at radius 1 is 1.40 bits per heavy atom. The molecule has 1 amide bonds. The van der Waals surface area contributed by atoms with Gasteiger partial charge in [-0.3, -0.25) is 4.79 Å². The first-order valence-corrected chi connectivity index (χ1v) is 7.62. The van der Waals surface area contributed by atoms with Gasteiger partial charge in [0.25, 0.3) is 0 Å². The van der Waals surface area contributed by atoms with Crippen molar-refractivity contribution < 1.29 is 14.3 Å². The molecule has 0 unspecified atom stereocenters. The number of alkyl halides is 2. The summed E-state index contributed by atoms with van der Waals surface area (Å²) in [4.78, 5) is 12.0. The summed E-state index contributed by atoms with van der Waals surface area (Å²) in [6.45, 7) is 2.12. The summed E-state index contributed by atoms with van der Waals surface area (Å²) in [7, 11) is 0. The molecule has 0 saturated heterocycles. The Kier molecular flexibility index (Phi) is 3.29. The van der Waals surface area contributed by atoms with E-state index in [0.29, 0.717) is 5.75 Å². The van der Waals surface area contributed by atoms with E-state index >= 15 is 0 Å². The molecule has 1 fully saturated rings. The van der Waals surface area contributed by atoms with Gasteiger partial charge in [-0.15, -0.1) is 0 Å². The van der Waals surface area contributed by atoms with Crippen molar-refractivity contribution in [1.29, 1.82) is 0 Å². The predicted molar refractivity (Wildman–Crippen MR) is 81.6 cm³/mol. The third-order valence-corrected chi connectivity index (χ3v) is 5.85. The zero-order valence-electron chi connectivity index (χ0n) is 10.7. The summed E-state index contributed by atoms with van der Waals surface area (Å²) in [5.41, 5.74) is 2.92. The zero-order valence-corrected chi connectivity index (χ0v) is 13.8. The number of halogens is 2. The van der Waals surface area contributed by atoms with Crippen LogP contribution in [0.4, 0.5) is 0 Å². The van der Waals surface area contributed by atoms with E-state index < -0.39 is 5.41 Å². The fraction of sp³-hybridized carbons (Fsp3) is 0.385. The van der Waals surface area contributed by atoms with Gasteiger partial charge in [0.1, 0.15) is 0 Å². The highest BCUT2D eigenvalue weighted by molar-refractivity contribution is 9.25. The summed E-state index contributed by atoms with van der Waals surface area (Å²) < 4.78 is 10.2. The van der Waals surface area contributed by atoms with Crippen molar-refractivity contribution >= 4 is 44.0 Å². The van der Waals surface area contributed by atoms with Crippen LogP contribution in [0.2, 0.25) is 0 Å². The first-order chi connectivity index (χ1) is 9.42. The quantitative estimate of drug-likeness (QED) is 0.479. The van der Waals surface area contributed by atoms with Crippen molar-refractivity contribution in [3.63, 3.8) is 0 Å². The first kappa shape index (κ1) is 13.9. The number of carbonyl (C=O) groups is 1. The van der Waals surface area contributed by atoms with Crippen LogP contribution in [0.15, 0.2) is 23.3 Å². The highest BCUT2D eigenvalue weighted by Crippen LogP contribution is 2.66. The largest absolute Gasteiger partial charge is 0.454 e. The Morgan fingerprint density at radius 2 is 2.10 bits per heavy atom. The van der Waals surface area contributed by atoms with Crippen molar-refractivity contribution in [2.24, 2.45) is 10.5 Å².